The van der Waals surface area contributed by atoms with Crippen molar-refractivity contribution >= 4 is 17.2 Å². The van der Waals surface area contributed by atoms with Crippen LogP contribution in [0.25, 0.3) is 5.57 Å². The van der Waals surface area contributed by atoms with Crippen LogP contribution in [0.5, 0.6) is 0 Å². The average molecular weight is 509 g/mol. The normalized spacial score (nSPS) is 23.5. The Morgan fingerprint density at radius 3 is 2.42 bits per heavy atom. The predicted octanol–water partition coefficient (Wildman–Crippen LogP) is 3.60. The van der Waals surface area contributed by atoms with E-state index < -0.39 is 28.6 Å². The van der Waals surface area contributed by atoms with E-state index in [4.69, 9.17) is 0 Å². The Labute approximate surface area is 203 Å². The van der Waals surface area contributed by atoms with Crippen molar-refractivity contribution in [3.05, 3.63) is 58.3 Å². The standard InChI is InChI=1S/C24H24F5N5O2/c25-23(26)15-22(23)5-3-16(4-6-22)19-1-2-20(35)34(31-19)14-21(36)33-9-7-32(8-10-33)18-11-17(12-30-13-18)24(27,28)29/h1-3,11-13H,4-10,14-15H2. The Balaban J connectivity index is 1.21. The molecule has 2 fully saturated rings. The van der Waals surface area contributed by atoms with Gasteiger partial charge in [-0.05, 0) is 37.0 Å². The minimum absolute atomic E-state index is 0.0945. The van der Waals surface area contributed by atoms with Crippen LogP contribution in [0.4, 0.5) is 27.6 Å². The molecule has 1 aliphatic heterocycles. The second-order valence-corrected chi connectivity index (χ2v) is 9.61. The van der Waals surface area contributed by atoms with Crippen LogP contribution in [-0.4, -0.2) is 57.7 Å². The maximum absolute atomic E-state index is 13.6. The molecule has 3 aliphatic rings. The SMILES string of the molecule is O=C(Cn1nc(C2=CCC3(CC2)CC3(F)F)ccc1=O)N1CCN(c2cncc(C(F)(F)F)c2)CC1. The molecule has 1 atom stereocenters. The molecular formula is C24H24F5N5O2. The molecule has 12 heteroatoms. The van der Waals surface area contributed by atoms with Gasteiger partial charge in [-0.15, -0.1) is 0 Å². The maximum Gasteiger partial charge on any atom is 0.417 e. The fraction of sp³-hybridized carbons (Fsp3) is 0.500. The van der Waals surface area contributed by atoms with Gasteiger partial charge in [-0.3, -0.25) is 14.6 Å². The summed E-state index contributed by atoms with van der Waals surface area (Å²) in [6.45, 7) is 0.885. The summed E-state index contributed by atoms with van der Waals surface area (Å²) >= 11 is 0. The van der Waals surface area contributed by atoms with Gasteiger partial charge in [0.15, 0.2) is 0 Å². The Morgan fingerprint density at radius 2 is 1.81 bits per heavy atom. The van der Waals surface area contributed by atoms with Crippen molar-refractivity contribution in [2.75, 3.05) is 31.1 Å². The highest BCUT2D eigenvalue weighted by Gasteiger charge is 2.70. The average Bonchev–Trinajstić information content (AvgIpc) is 3.39. The smallest absolute Gasteiger partial charge is 0.367 e. The first-order chi connectivity index (χ1) is 17.0. The Kier molecular flexibility index (Phi) is 5.87. The van der Waals surface area contributed by atoms with E-state index in [1.165, 1.54) is 17.2 Å². The molecule has 3 heterocycles. The second kappa shape index (κ2) is 8.67. The van der Waals surface area contributed by atoms with Gasteiger partial charge in [0.25, 0.3) is 11.5 Å². The number of amides is 1. The van der Waals surface area contributed by atoms with Gasteiger partial charge in [0.1, 0.15) is 6.54 Å². The molecular weight excluding hydrogens is 485 g/mol. The summed E-state index contributed by atoms with van der Waals surface area (Å²) < 4.78 is 67.3. The molecule has 192 valence electrons. The zero-order valence-corrected chi connectivity index (χ0v) is 19.3. The molecule has 2 aromatic rings. The van der Waals surface area contributed by atoms with E-state index in [1.54, 1.807) is 17.0 Å². The molecule has 1 spiro atoms. The van der Waals surface area contributed by atoms with Crippen LogP contribution < -0.4 is 10.5 Å². The Morgan fingerprint density at radius 1 is 1.08 bits per heavy atom. The van der Waals surface area contributed by atoms with E-state index in [2.05, 4.69) is 10.1 Å². The lowest BCUT2D eigenvalue weighted by Gasteiger charge is -2.36. The predicted molar refractivity (Wildman–Crippen MR) is 120 cm³/mol. The van der Waals surface area contributed by atoms with Crippen molar-refractivity contribution < 1.29 is 26.7 Å². The van der Waals surface area contributed by atoms with Gasteiger partial charge in [-0.2, -0.15) is 18.3 Å². The number of rotatable bonds is 4. The lowest BCUT2D eigenvalue weighted by Crippen LogP contribution is -2.50. The van der Waals surface area contributed by atoms with Crippen molar-refractivity contribution in [2.45, 2.75) is 44.3 Å². The van der Waals surface area contributed by atoms with Crippen molar-refractivity contribution in [1.82, 2.24) is 19.7 Å². The van der Waals surface area contributed by atoms with Crippen LogP contribution in [0.15, 0.2) is 41.5 Å². The molecule has 36 heavy (non-hydrogen) atoms. The van der Waals surface area contributed by atoms with E-state index in [-0.39, 0.29) is 38.4 Å². The van der Waals surface area contributed by atoms with E-state index in [0.29, 0.717) is 37.3 Å². The topological polar surface area (TPSA) is 71.3 Å². The minimum atomic E-state index is -4.49. The number of allylic oxidation sites excluding steroid dienone is 2. The highest BCUT2D eigenvalue weighted by Crippen LogP contribution is 2.67. The first kappa shape index (κ1) is 24.4. The Bertz CT molecular complexity index is 1270. The maximum atomic E-state index is 13.6. The van der Waals surface area contributed by atoms with Crippen molar-refractivity contribution in [3.63, 3.8) is 0 Å². The number of piperazine rings is 1. The van der Waals surface area contributed by atoms with Gasteiger partial charge in [-0.25, -0.2) is 13.5 Å². The third-order valence-corrected chi connectivity index (χ3v) is 7.35. The third-order valence-electron chi connectivity index (χ3n) is 7.35. The van der Waals surface area contributed by atoms with E-state index in [0.717, 1.165) is 22.5 Å². The first-order valence-electron chi connectivity index (χ1n) is 11.7. The molecule has 1 saturated carbocycles. The van der Waals surface area contributed by atoms with Crippen LogP contribution >= 0.6 is 0 Å². The molecule has 5 rings (SSSR count). The van der Waals surface area contributed by atoms with Gasteiger partial charge in [0, 0.05) is 50.3 Å². The summed E-state index contributed by atoms with van der Waals surface area (Å²) in [6.07, 6.45) is 0.347. The number of carbonyl (C=O) groups is 1. The molecule has 7 nitrogen and oxygen atoms in total. The number of hydrogen-bond donors (Lipinski definition) is 0. The lowest BCUT2D eigenvalue weighted by atomic mass is 9.85. The number of aromatic nitrogens is 3. The van der Waals surface area contributed by atoms with Crippen LogP contribution in [0.1, 0.15) is 36.9 Å². The third kappa shape index (κ3) is 4.60. The molecule has 2 aromatic heterocycles. The Hall–Kier alpha value is -3.31. The monoisotopic (exact) mass is 509 g/mol. The number of anilines is 1. The zero-order chi connectivity index (χ0) is 25.7. The summed E-state index contributed by atoms with van der Waals surface area (Å²) in [7, 11) is 0. The highest BCUT2D eigenvalue weighted by atomic mass is 19.4. The number of pyridine rings is 1. The molecule has 0 radical (unpaired) electrons. The summed E-state index contributed by atoms with van der Waals surface area (Å²) in [5.41, 5.74) is -0.627. The van der Waals surface area contributed by atoms with E-state index >= 15 is 0 Å². The van der Waals surface area contributed by atoms with Crippen LogP contribution in [0.3, 0.4) is 0 Å². The number of hydrogen-bond acceptors (Lipinski definition) is 5. The summed E-state index contributed by atoms with van der Waals surface area (Å²) in [5, 5.41) is 4.31. The van der Waals surface area contributed by atoms with Gasteiger partial charge < -0.3 is 9.80 Å². The second-order valence-electron chi connectivity index (χ2n) is 9.61. The van der Waals surface area contributed by atoms with Gasteiger partial charge in [0.2, 0.25) is 5.91 Å². The number of alkyl halides is 5. The van der Waals surface area contributed by atoms with Gasteiger partial charge >= 0.3 is 6.18 Å². The van der Waals surface area contributed by atoms with E-state index in [9.17, 15) is 31.5 Å². The van der Waals surface area contributed by atoms with Gasteiger partial charge in [-0.1, -0.05) is 6.08 Å². The zero-order valence-electron chi connectivity index (χ0n) is 19.3. The fourth-order valence-electron chi connectivity index (χ4n) is 4.93. The quantitative estimate of drug-likeness (QED) is 0.590. The minimum Gasteiger partial charge on any atom is -0.367 e. The first-order valence-corrected chi connectivity index (χ1v) is 11.7. The molecule has 2 aliphatic carbocycles. The van der Waals surface area contributed by atoms with E-state index in [1.807, 2.05) is 0 Å². The van der Waals surface area contributed by atoms with Crippen LogP contribution in [-0.2, 0) is 17.5 Å². The molecule has 1 saturated heterocycles. The molecule has 0 N–H and O–H groups in total. The van der Waals surface area contributed by atoms with Crippen LogP contribution in [0.2, 0.25) is 0 Å². The summed E-state index contributed by atoms with van der Waals surface area (Å²) in [4.78, 5) is 32.1. The lowest BCUT2D eigenvalue weighted by molar-refractivity contribution is -0.137. The van der Waals surface area contributed by atoms with Crippen molar-refractivity contribution in [1.29, 1.82) is 0 Å². The van der Waals surface area contributed by atoms with Crippen molar-refractivity contribution in [3.8, 4) is 0 Å². The number of carbonyl (C=O) groups excluding carboxylic acids is 1. The molecule has 0 aromatic carbocycles. The number of halogens is 5. The fourth-order valence-corrected chi connectivity index (χ4v) is 4.93. The van der Waals surface area contributed by atoms with Crippen molar-refractivity contribution in [2.24, 2.45) is 5.41 Å². The largest absolute Gasteiger partial charge is 0.417 e. The molecule has 0 bridgehead atoms. The summed E-state index contributed by atoms with van der Waals surface area (Å²) in [6, 6.07) is 3.89. The molecule has 1 unspecified atom stereocenters. The summed E-state index contributed by atoms with van der Waals surface area (Å²) in [5.74, 6) is -2.95. The molecule has 1 amide bonds. The highest BCUT2D eigenvalue weighted by molar-refractivity contribution is 5.76. The van der Waals surface area contributed by atoms with Crippen LogP contribution in [0, 0.1) is 5.41 Å². The number of nitrogens with zero attached hydrogens (tertiary/aromatic N) is 5. The van der Waals surface area contributed by atoms with Gasteiger partial charge in [0.05, 0.1) is 23.1 Å².